The Bertz CT molecular complexity index is 251. The predicted molar refractivity (Wildman–Crippen MR) is 48.1 cm³/mol. The minimum atomic E-state index is -0.133. The Morgan fingerprint density at radius 2 is 2.50 bits per heavy atom. The van der Waals surface area contributed by atoms with E-state index in [0.717, 1.165) is 5.56 Å². The molecule has 1 aromatic heterocycles. The molecule has 2 N–H and O–H groups in total. The summed E-state index contributed by atoms with van der Waals surface area (Å²) in [5.74, 6) is 0. The van der Waals surface area contributed by atoms with E-state index in [4.69, 9.17) is 16.7 Å². The molecule has 0 unspecified atom stereocenters. The number of aliphatic hydroxyl groups is 1. The van der Waals surface area contributed by atoms with Crippen molar-refractivity contribution in [3.63, 3.8) is 0 Å². The van der Waals surface area contributed by atoms with Crippen LogP contribution < -0.4 is 5.32 Å². The second-order valence-corrected chi connectivity index (χ2v) is 2.77. The molecule has 66 valence electrons. The van der Waals surface area contributed by atoms with Crippen LogP contribution in [0.4, 0.5) is 0 Å². The summed E-state index contributed by atoms with van der Waals surface area (Å²) in [4.78, 5) is 3.91. The lowest BCUT2D eigenvalue weighted by molar-refractivity contribution is 0.251. The Morgan fingerprint density at radius 1 is 1.75 bits per heavy atom. The molecule has 0 aliphatic rings. The third-order valence-corrected chi connectivity index (χ3v) is 2.01. The summed E-state index contributed by atoms with van der Waals surface area (Å²) in [6.07, 6.45) is 1.62. The van der Waals surface area contributed by atoms with E-state index < -0.39 is 0 Å². The summed E-state index contributed by atoms with van der Waals surface area (Å²) < 4.78 is 0. The molecule has 0 fully saturated rings. The molecule has 0 bridgehead atoms. The van der Waals surface area contributed by atoms with Crippen LogP contribution in [0.25, 0.3) is 0 Å². The highest BCUT2D eigenvalue weighted by Gasteiger charge is 2.10. The maximum absolute atomic E-state index is 8.95. The second-order valence-electron chi connectivity index (χ2n) is 2.41. The molecule has 0 aliphatic heterocycles. The van der Waals surface area contributed by atoms with Gasteiger partial charge in [-0.2, -0.15) is 0 Å². The summed E-state index contributed by atoms with van der Waals surface area (Å²) >= 11 is 5.81. The second kappa shape index (κ2) is 4.40. The van der Waals surface area contributed by atoms with E-state index in [1.54, 1.807) is 19.3 Å². The number of hydrogen-bond acceptors (Lipinski definition) is 3. The zero-order chi connectivity index (χ0) is 8.97. The van der Waals surface area contributed by atoms with Gasteiger partial charge in [-0.3, -0.25) is 0 Å². The normalized spacial score (nSPS) is 12.9. The molecule has 0 saturated heterocycles. The van der Waals surface area contributed by atoms with E-state index in [1.807, 2.05) is 6.07 Å². The molecule has 1 atom stereocenters. The SMILES string of the molecule is CN[C@H](CO)c1cccnc1Cl. The van der Waals surface area contributed by atoms with Crippen LogP contribution in [0.2, 0.25) is 5.15 Å². The molecule has 0 aliphatic carbocycles. The first-order chi connectivity index (χ1) is 5.79. The molecule has 0 aromatic carbocycles. The molecule has 4 heteroatoms. The number of rotatable bonds is 3. The van der Waals surface area contributed by atoms with Gasteiger partial charge in [0.1, 0.15) is 5.15 Å². The van der Waals surface area contributed by atoms with Crippen LogP contribution in [-0.2, 0) is 0 Å². The van der Waals surface area contributed by atoms with E-state index in [9.17, 15) is 0 Å². The van der Waals surface area contributed by atoms with Gasteiger partial charge in [0, 0.05) is 11.8 Å². The number of aromatic nitrogens is 1. The van der Waals surface area contributed by atoms with Crippen molar-refractivity contribution in [1.82, 2.24) is 10.3 Å². The van der Waals surface area contributed by atoms with E-state index in [2.05, 4.69) is 10.3 Å². The number of nitrogens with one attached hydrogen (secondary N) is 1. The summed E-state index contributed by atoms with van der Waals surface area (Å²) in [6, 6.07) is 3.50. The highest BCUT2D eigenvalue weighted by molar-refractivity contribution is 6.30. The fraction of sp³-hybridized carbons (Fsp3) is 0.375. The molecule has 0 spiro atoms. The average molecular weight is 187 g/mol. The predicted octanol–water partition coefficient (Wildman–Crippen LogP) is 0.988. The first-order valence-corrected chi connectivity index (χ1v) is 4.06. The van der Waals surface area contributed by atoms with Gasteiger partial charge < -0.3 is 10.4 Å². The van der Waals surface area contributed by atoms with Gasteiger partial charge in [-0.25, -0.2) is 4.98 Å². The fourth-order valence-electron chi connectivity index (χ4n) is 1.00. The lowest BCUT2D eigenvalue weighted by atomic mass is 10.1. The molecule has 12 heavy (non-hydrogen) atoms. The first-order valence-electron chi connectivity index (χ1n) is 3.68. The quantitative estimate of drug-likeness (QED) is 0.692. The lowest BCUT2D eigenvalue weighted by Crippen LogP contribution is -2.20. The molecule has 1 rings (SSSR count). The number of halogens is 1. The Hall–Kier alpha value is -0.640. The highest BCUT2D eigenvalue weighted by Crippen LogP contribution is 2.19. The number of aliphatic hydroxyl groups excluding tert-OH is 1. The summed E-state index contributed by atoms with van der Waals surface area (Å²) in [7, 11) is 1.77. The number of likely N-dealkylation sites (N-methyl/N-ethyl adjacent to an activating group) is 1. The Labute approximate surface area is 76.4 Å². The van der Waals surface area contributed by atoms with Gasteiger partial charge in [-0.15, -0.1) is 0 Å². The van der Waals surface area contributed by atoms with Crippen LogP contribution in [0.15, 0.2) is 18.3 Å². The largest absolute Gasteiger partial charge is 0.394 e. The van der Waals surface area contributed by atoms with Crippen molar-refractivity contribution in [2.24, 2.45) is 0 Å². The summed E-state index contributed by atoms with van der Waals surface area (Å²) in [6.45, 7) is 0.0158. The van der Waals surface area contributed by atoms with Gasteiger partial charge >= 0.3 is 0 Å². The van der Waals surface area contributed by atoms with E-state index in [0.29, 0.717) is 5.15 Å². The van der Waals surface area contributed by atoms with Crippen LogP contribution in [0.3, 0.4) is 0 Å². The molecule has 0 saturated carbocycles. The minimum Gasteiger partial charge on any atom is -0.394 e. The molecule has 1 aromatic rings. The van der Waals surface area contributed by atoms with Gasteiger partial charge in [0.2, 0.25) is 0 Å². The van der Waals surface area contributed by atoms with Crippen molar-refractivity contribution >= 4 is 11.6 Å². The molecule has 1 heterocycles. The van der Waals surface area contributed by atoms with E-state index >= 15 is 0 Å². The van der Waals surface area contributed by atoms with Crippen LogP contribution in [0.1, 0.15) is 11.6 Å². The fourth-order valence-corrected chi connectivity index (χ4v) is 1.25. The third-order valence-electron chi connectivity index (χ3n) is 1.69. The third kappa shape index (κ3) is 1.94. The Balaban J connectivity index is 2.92. The van der Waals surface area contributed by atoms with Gasteiger partial charge in [-0.05, 0) is 13.1 Å². The van der Waals surface area contributed by atoms with E-state index in [-0.39, 0.29) is 12.6 Å². The molecular formula is C8H11ClN2O. The van der Waals surface area contributed by atoms with Gasteiger partial charge in [0.15, 0.2) is 0 Å². The standard InChI is InChI=1S/C8H11ClN2O/c1-10-7(5-12)6-3-2-4-11-8(6)9/h2-4,7,10,12H,5H2,1H3/t7-/m1/s1. The van der Waals surface area contributed by atoms with Gasteiger partial charge in [0.05, 0.1) is 12.6 Å². The van der Waals surface area contributed by atoms with Crippen LogP contribution >= 0.6 is 11.6 Å². The van der Waals surface area contributed by atoms with Gasteiger partial charge in [0.25, 0.3) is 0 Å². The van der Waals surface area contributed by atoms with Crippen molar-refractivity contribution in [3.05, 3.63) is 29.0 Å². The minimum absolute atomic E-state index is 0.0158. The summed E-state index contributed by atoms with van der Waals surface area (Å²) in [5, 5.41) is 12.3. The van der Waals surface area contributed by atoms with E-state index in [1.165, 1.54) is 0 Å². The van der Waals surface area contributed by atoms with Crippen LogP contribution in [0.5, 0.6) is 0 Å². The maximum atomic E-state index is 8.95. The summed E-state index contributed by atoms with van der Waals surface area (Å²) in [5.41, 5.74) is 0.823. The highest BCUT2D eigenvalue weighted by atomic mass is 35.5. The zero-order valence-corrected chi connectivity index (χ0v) is 7.54. The average Bonchev–Trinajstić information content (AvgIpc) is 2.10. The zero-order valence-electron chi connectivity index (χ0n) is 6.79. The molecule has 0 amide bonds. The number of nitrogens with zero attached hydrogens (tertiary/aromatic N) is 1. The number of pyridine rings is 1. The van der Waals surface area contributed by atoms with Gasteiger partial charge in [-0.1, -0.05) is 17.7 Å². The van der Waals surface area contributed by atoms with Crippen molar-refractivity contribution in [3.8, 4) is 0 Å². The molecule has 3 nitrogen and oxygen atoms in total. The molecule has 0 radical (unpaired) electrons. The number of hydrogen-bond donors (Lipinski definition) is 2. The van der Waals surface area contributed by atoms with Crippen LogP contribution in [0, 0.1) is 0 Å². The monoisotopic (exact) mass is 186 g/mol. The lowest BCUT2D eigenvalue weighted by Gasteiger charge is -2.13. The van der Waals surface area contributed by atoms with Crippen molar-refractivity contribution in [1.29, 1.82) is 0 Å². The van der Waals surface area contributed by atoms with Crippen LogP contribution in [-0.4, -0.2) is 23.7 Å². The topological polar surface area (TPSA) is 45.1 Å². The van der Waals surface area contributed by atoms with Crippen molar-refractivity contribution in [2.75, 3.05) is 13.7 Å². The van der Waals surface area contributed by atoms with Crippen molar-refractivity contribution in [2.45, 2.75) is 6.04 Å². The Morgan fingerprint density at radius 3 is 3.00 bits per heavy atom. The Kier molecular flexibility index (Phi) is 3.47. The molecular weight excluding hydrogens is 176 g/mol. The first kappa shape index (κ1) is 9.45. The maximum Gasteiger partial charge on any atom is 0.133 e. The smallest absolute Gasteiger partial charge is 0.133 e. The van der Waals surface area contributed by atoms with Crippen molar-refractivity contribution < 1.29 is 5.11 Å².